The van der Waals surface area contributed by atoms with Crippen LogP contribution in [0.25, 0.3) is 0 Å². The van der Waals surface area contributed by atoms with Gasteiger partial charge in [0.2, 0.25) is 5.91 Å². The molecule has 24 heavy (non-hydrogen) atoms. The smallest absolute Gasteiger partial charge is 0.265 e. The molecule has 1 atom stereocenters. The molecule has 1 aliphatic rings. The van der Waals surface area contributed by atoms with Crippen molar-refractivity contribution in [2.45, 2.75) is 38.6 Å². The lowest BCUT2D eigenvalue weighted by molar-refractivity contribution is -0.118. The first-order valence-electron chi connectivity index (χ1n) is 7.96. The number of nitrogens with zero attached hydrogens (tertiary/aromatic N) is 1. The Bertz CT molecular complexity index is 689. The predicted octanol–water partition coefficient (Wildman–Crippen LogP) is 3.75. The van der Waals surface area contributed by atoms with E-state index in [9.17, 15) is 9.59 Å². The number of carbonyl (C=O) groups is 2. The minimum atomic E-state index is -0.244. The van der Waals surface area contributed by atoms with E-state index in [0.29, 0.717) is 11.4 Å². The van der Waals surface area contributed by atoms with Crippen molar-refractivity contribution >= 4 is 29.3 Å². The molecule has 0 fully saturated rings. The Morgan fingerprint density at radius 1 is 1.38 bits per heavy atom. The highest BCUT2D eigenvalue weighted by atomic mass is 32.2. The molecule has 0 saturated heterocycles. The lowest BCUT2D eigenvalue weighted by Crippen LogP contribution is -2.41. The van der Waals surface area contributed by atoms with Crippen molar-refractivity contribution in [3.8, 4) is 0 Å². The summed E-state index contributed by atoms with van der Waals surface area (Å²) in [7, 11) is 0. The van der Waals surface area contributed by atoms with Crippen LogP contribution in [0.15, 0.2) is 52.8 Å². The van der Waals surface area contributed by atoms with E-state index in [1.165, 1.54) is 17.8 Å². The van der Waals surface area contributed by atoms with Crippen LogP contribution in [0.5, 0.6) is 0 Å². The van der Waals surface area contributed by atoms with Crippen LogP contribution in [-0.2, 0) is 9.59 Å². The van der Waals surface area contributed by atoms with Gasteiger partial charge in [-0.05, 0) is 24.5 Å². The van der Waals surface area contributed by atoms with Gasteiger partial charge < -0.3 is 10.2 Å². The molecule has 0 bridgehead atoms. The average Bonchev–Trinajstić information content (AvgIpc) is 2.50. The molecule has 1 unspecified atom stereocenters. The number of thioether (sulfide) groups is 1. The van der Waals surface area contributed by atoms with Gasteiger partial charge in [0, 0.05) is 23.6 Å². The van der Waals surface area contributed by atoms with Gasteiger partial charge in [-0.15, -0.1) is 6.58 Å². The highest BCUT2D eigenvalue weighted by Crippen LogP contribution is 2.41. The number of hydrogen-bond acceptors (Lipinski definition) is 3. The van der Waals surface area contributed by atoms with E-state index in [2.05, 4.69) is 32.7 Å². The molecule has 0 saturated carbocycles. The summed E-state index contributed by atoms with van der Waals surface area (Å²) in [5.41, 5.74) is 0.812. The monoisotopic (exact) mass is 344 g/mol. The summed E-state index contributed by atoms with van der Waals surface area (Å²) in [6.45, 7) is 12.3. The molecular formula is C19H24N2O2S. The summed E-state index contributed by atoms with van der Waals surface area (Å²) in [4.78, 5) is 28.0. The van der Waals surface area contributed by atoms with Gasteiger partial charge in [-0.1, -0.05) is 50.7 Å². The predicted molar refractivity (Wildman–Crippen MR) is 100.0 cm³/mol. The maximum atomic E-state index is 12.7. The van der Waals surface area contributed by atoms with Gasteiger partial charge in [0.25, 0.3) is 5.91 Å². The summed E-state index contributed by atoms with van der Waals surface area (Å²) in [6, 6.07) is 7.68. The first-order valence-corrected chi connectivity index (χ1v) is 8.77. The van der Waals surface area contributed by atoms with E-state index in [1.807, 2.05) is 31.2 Å². The van der Waals surface area contributed by atoms with Gasteiger partial charge >= 0.3 is 0 Å². The summed E-state index contributed by atoms with van der Waals surface area (Å²) >= 11 is 1.33. The average molecular weight is 344 g/mol. The van der Waals surface area contributed by atoms with Crippen molar-refractivity contribution in [3.05, 3.63) is 47.9 Å². The number of nitrogens with one attached hydrogen (secondary N) is 1. The van der Waals surface area contributed by atoms with E-state index in [0.717, 1.165) is 10.6 Å². The summed E-state index contributed by atoms with van der Waals surface area (Å²) < 4.78 is 0. The molecule has 2 amide bonds. The molecule has 2 rings (SSSR count). The zero-order valence-electron chi connectivity index (χ0n) is 14.6. The van der Waals surface area contributed by atoms with E-state index >= 15 is 0 Å². The molecule has 128 valence electrons. The van der Waals surface area contributed by atoms with Crippen LogP contribution in [0, 0.1) is 5.41 Å². The summed E-state index contributed by atoms with van der Waals surface area (Å²) in [6.07, 6.45) is 3.09. The molecular weight excluding hydrogens is 320 g/mol. The number of benzene rings is 1. The summed E-state index contributed by atoms with van der Waals surface area (Å²) in [5, 5.41) is 2.94. The van der Waals surface area contributed by atoms with Crippen molar-refractivity contribution < 1.29 is 9.59 Å². The van der Waals surface area contributed by atoms with Crippen molar-refractivity contribution in [2.75, 3.05) is 11.4 Å². The topological polar surface area (TPSA) is 49.4 Å². The first kappa shape index (κ1) is 18.3. The van der Waals surface area contributed by atoms with Crippen molar-refractivity contribution in [3.63, 3.8) is 0 Å². The number of amides is 2. The largest absolute Gasteiger partial charge is 0.350 e. The van der Waals surface area contributed by atoms with Crippen LogP contribution in [0.1, 0.15) is 27.7 Å². The Morgan fingerprint density at radius 2 is 2.04 bits per heavy atom. The standard InChI is InChI=1S/C19H24N2O2S/c1-6-11-21-14-9-7-8-10-15(14)24-16(18(21)23)12-17(22)20-13(2)19(3,4)5/h6-10,12-13H,1,11H2,2-5H3,(H,20,22)/b16-12+. The lowest BCUT2D eigenvalue weighted by atomic mass is 9.88. The molecule has 1 aliphatic heterocycles. The molecule has 5 heteroatoms. The van der Waals surface area contributed by atoms with E-state index in [4.69, 9.17) is 0 Å². The van der Waals surface area contributed by atoms with Gasteiger partial charge in [-0.25, -0.2) is 0 Å². The number of anilines is 1. The highest BCUT2D eigenvalue weighted by molar-refractivity contribution is 8.04. The Balaban J connectivity index is 2.26. The van der Waals surface area contributed by atoms with Crippen molar-refractivity contribution in [1.82, 2.24) is 5.32 Å². The van der Waals surface area contributed by atoms with Gasteiger partial charge in [-0.2, -0.15) is 0 Å². The Morgan fingerprint density at radius 3 is 2.67 bits per heavy atom. The third-order valence-corrected chi connectivity index (χ3v) is 5.14. The third-order valence-electron chi connectivity index (χ3n) is 4.06. The zero-order chi connectivity index (χ0) is 17.9. The fourth-order valence-corrected chi connectivity index (χ4v) is 3.19. The number of para-hydroxylation sites is 1. The minimum absolute atomic E-state index is 0.00195. The molecule has 0 aromatic heterocycles. The molecule has 1 aromatic rings. The zero-order valence-corrected chi connectivity index (χ0v) is 15.4. The maximum absolute atomic E-state index is 12.7. The second-order valence-electron chi connectivity index (χ2n) is 6.88. The van der Waals surface area contributed by atoms with Gasteiger partial charge in [0.1, 0.15) is 0 Å². The lowest BCUT2D eigenvalue weighted by Gasteiger charge is -2.30. The normalized spacial score (nSPS) is 17.4. The van der Waals surface area contributed by atoms with Crippen molar-refractivity contribution in [1.29, 1.82) is 0 Å². The van der Waals surface area contributed by atoms with Crippen LogP contribution in [0.2, 0.25) is 0 Å². The van der Waals surface area contributed by atoms with E-state index < -0.39 is 0 Å². The molecule has 0 radical (unpaired) electrons. The van der Waals surface area contributed by atoms with E-state index in [1.54, 1.807) is 11.0 Å². The number of rotatable bonds is 4. The van der Waals surface area contributed by atoms with Gasteiger partial charge in [0.05, 0.1) is 10.6 Å². The second kappa shape index (κ2) is 7.26. The molecule has 0 spiro atoms. The van der Waals surface area contributed by atoms with Gasteiger partial charge in [-0.3, -0.25) is 9.59 Å². The number of carbonyl (C=O) groups excluding carboxylic acids is 2. The number of fused-ring (bicyclic) bond motifs is 1. The van der Waals surface area contributed by atoms with Gasteiger partial charge in [0.15, 0.2) is 0 Å². The third kappa shape index (κ3) is 4.09. The van der Waals surface area contributed by atoms with E-state index in [-0.39, 0.29) is 23.3 Å². The molecule has 1 N–H and O–H groups in total. The van der Waals surface area contributed by atoms with Crippen LogP contribution < -0.4 is 10.2 Å². The Hall–Kier alpha value is -2.01. The fourth-order valence-electron chi connectivity index (χ4n) is 2.16. The van der Waals surface area contributed by atoms with Crippen molar-refractivity contribution in [2.24, 2.45) is 5.41 Å². The molecule has 1 heterocycles. The van der Waals surface area contributed by atoms with Crippen LogP contribution >= 0.6 is 11.8 Å². The fraction of sp³-hybridized carbons (Fsp3) is 0.368. The Labute approximate surface area is 148 Å². The molecule has 4 nitrogen and oxygen atoms in total. The second-order valence-corrected chi connectivity index (χ2v) is 7.96. The van der Waals surface area contributed by atoms with Crippen LogP contribution in [0.3, 0.4) is 0 Å². The van der Waals surface area contributed by atoms with Crippen LogP contribution in [-0.4, -0.2) is 24.4 Å². The Kier molecular flexibility index (Phi) is 5.54. The quantitative estimate of drug-likeness (QED) is 0.668. The maximum Gasteiger partial charge on any atom is 0.265 e. The number of hydrogen-bond donors (Lipinski definition) is 1. The molecule has 1 aromatic carbocycles. The highest BCUT2D eigenvalue weighted by Gasteiger charge is 2.29. The van der Waals surface area contributed by atoms with Crippen LogP contribution in [0.4, 0.5) is 5.69 Å². The first-order chi connectivity index (χ1) is 11.2. The summed E-state index contributed by atoms with van der Waals surface area (Å²) in [5.74, 6) is -0.414. The minimum Gasteiger partial charge on any atom is -0.350 e. The molecule has 0 aliphatic carbocycles. The SMILES string of the molecule is C=CCN1C(=O)/C(=C\C(=O)NC(C)C(C)(C)C)Sc2ccccc21.